The molecule has 1 aromatic heterocycles. The number of pyridine rings is 1. The first-order chi connectivity index (χ1) is 16.0. The van der Waals surface area contributed by atoms with E-state index in [9.17, 15) is 8.78 Å². The smallest absolute Gasteiger partial charge is 0.213 e. The lowest BCUT2D eigenvalue weighted by molar-refractivity contribution is -0.0128. The molecule has 1 saturated heterocycles. The maximum atomic E-state index is 15.3. The monoisotopic (exact) mass is 457 g/mol. The average Bonchev–Trinajstić information content (AvgIpc) is 2.84. The molecule has 3 aromatic rings. The van der Waals surface area contributed by atoms with E-state index in [2.05, 4.69) is 4.98 Å². The Morgan fingerprint density at radius 1 is 0.939 bits per heavy atom. The van der Waals surface area contributed by atoms with Gasteiger partial charge >= 0.3 is 0 Å². The van der Waals surface area contributed by atoms with Crippen LogP contribution in [-0.4, -0.2) is 31.9 Å². The first-order valence-electron chi connectivity index (χ1n) is 11.0. The van der Waals surface area contributed by atoms with Crippen molar-refractivity contribution in [2.24, 2.45) is 5.92 Å². The fourth-order valence-corrected chi connectivity index (χ4v) is 3.97. The number of hydrogen-bond acceptors (Lipinski definition) is 4. The highest BCUT2D eigenvalue weighted by Crippen LogP contribution is 2.31. The molecule has 1 aliphatic rings. The first kappa shape index (κ1) is 23.3. The quantitative estimate of drug-likeness (QED) is 0.422. The van der Waals surface area contributed by atoms with Crippen molar-refractivity contribution in [3.63, 3.8) is 0 Å². The van der Waals surface area contributed by atoms with Gasteiger partial charge in [0.1, 0.15) is 5.82 Å². The number of hydrogen-bond donors (Lipinski definition) is 0. The van der Waals surface area contributed by atoms with Gasteiger partial charge in [-0.05, 0) is 59.7 Å². The van der Waals surface area contributed by atoms with Crippen molar-refractivity contribution < 1.29 is 27.4 Å². The van der Waals surface area contributed by atoms with E-state index in [0.717, 1.165) is 30.5 Å². The van der Waals surface area contributed by atoms with Crippen LogP contribution in [-0.2, 0) is 15.9 Å². The van der Waals surface area contributed by atoms with E-state index in [1.807, 2.05) is 6.07 Å². The lowest BCUT2D eigenvalue weighted by Gasteiger charge is -2.26. The molecule has 0 bridgehead atoms. The van der Waals surface area contributed by atoms with Gasteiger partial charge in [-0.25, -0.2) is 18.2 Å². The predicted molar refractivity (Wildman–Crippen MR) is 118 cm³/mol. The minimum atomic E-state index is -0.971. The van der Waals surface area contributed by atoms with Crippen molar-refractivity contribution in [1.29, 1.82) is 0 Å². The molecule has 7 heteroatoms. The number of nitrogens with zero attached hydrogens (tertiary/aromatic N) is 1. The van der Waals surface area contributed by atoms with Gasteiger partial charge in [0, 0.05) is 37.5 Å². The summed E-state index contributed by atoms with van der Waals surface area (Å²) >= 11 is 0. The van der Waals surface area contributed by atoms with Crippen LogP contribution in [0.5, 0.6) is 5.88 Å². The molecule has 1 atom stereocenters. The molecule has 174 valence electrons. The zero-order valence-corrected chi connectivity index (χ0v) is 18.4. The van der Waals surface area contributed by atoms with Gasteiger partial charge < -0.3 is 14.2 Å². The molecule has 1 fully saturated rings. The predicted octanol–water partition coefficient (Wildman–Crippen LogP) is 5.90. The molecule has 4 rings (SSSR count). The molecule has 2 heterocycles. The number of aromatic nitrogens is 1. The molecule has 0 spiro atoms. The SMILES string of the molecule is COc1cc(CC(OCC2CCOCC2)c2ccc(-c3ccc(F)c(F)c3)cc2F)ccn1. The molecule has 0 radical (unpaired) electrons. The molecule has 1 aliphatic heterocycles. The Morgan fingerprint density at radius 3 is 2.36 bits per heavy atom. The van der Waals surface area contributed by atoms with Crippen molar-refractivity contribution in [2.75, 3.05) is 26.9 Å². The lowest BCUT2D eigenvalue weighted by Crippen LogP contribution is -2.22. The van der Waals surface area contributed by atoms with Crippen LogP contribution in [0.2, 0.25) is 0 Å². The average molecular weight is 457 g/mol. The highest BCUT2D eigenvalue weighted by molar-refractivity contribution is 5.64. The van der Waals surface area contributed by atoms with Crippen molar-refractivity contribution in [3.8, 4) is 17.0 Å². The Bertz CT molecular complexity index is 1090. The normalized spacial score (nSPS) is 15.4. The zero-order valence-electron chi connectivity index (χ0n) is 18.4. The largest absolute Gasteiger partial charge is 0.481 e. The molecule has 33 heavy (non-hydrogen) atoms. The Balaban J connectivity index is 1.59. The second-order valence-electron chi connectivity index (χ2n) is 8.15. The van der Waals surface area contributed by atoms with Crippen LogP contribution in [0.25, 0.3) is 11.1 Å². The van der Waals surface area contributed by atoms with E-state index < -0.39 is 23.6 Å². The van der Waals surface area contributed by atoms with E-state index in [1.165, 1.54) is 12.1 Å². The van der Waals surface area contributed by atoms with E-state index in [1.54, 1.807) is 31.5 Å². The first-order valence-corrected chi connectivity index (χ1v) is 11.0. The summed E-state index contributed by atoms with van der Waals surface area (Å²) in [5.74, 6) is -1.54. The van der Waals surface area contributed by atoms with Gasteiger partial charge in [-0.1, -0.05) is 18.2 Å². The molecule has 0 aliphatic carbocycles. The highest BCUT2D eigenvalue weighted by atomic mass is 19.2. The lowest BCUT2D eigenvalue weighted by atomic mass is 9.97. The number of rotatable bonds is 8. The molecular formula is C26H26F3NO3. The molecule has 0 amide bonds. The second-order valence-corrected chi connectivity index (χ2v) is 8.15. The van der Waals surface area contributed by atoms with Gasteiger partial charge in [0.15, 0.2) is 11.6 Å². The Morgan fingerprint density at radius 2 is 1.67 bits per heavy atom. The minimum absolute atomic E-state index is 0.359. The molecular weight excluding hydrogens is 431 g/mol. The maximum absolute atomic E-state index is 15.3. The van der Waals surface area contributed by atoms with E-state index in [4.69, 9.17) is 14.2 Å². The molecule has 0 N–H and O–H groups in total. The second kappa shape index (κ2) is 10.8. The number of ether oxygens (including phenoxy) is 3. The molecule has 4 nitrogen and oxygen atoms in total. The van der Waals surface area contributed by atoms with Crippen LogP contribution in [0.4, 0.5) is 13.2 Å². The zero-order chi connectivity index (χ0) is 23.2. The highest BCUT2D eigenvalue weighted by Gasteiger charge is 2.22. The van der Waals surface area contributed by atoms with Crippen LogP contribution in [0.1, 0.15) is 30.1 Å². The van der Waals surface area contributed by atoms with Crippen molar-refractivity contribution in [1.82, 2.24) is 4.98 Å². The minimum Gasteiger partial charge on any atom is -0.481 e. The van der Waals surface area contributed by atoms with Crippen LogP contribution >= 0.6 is 0 Å². The van der Waals surface area contributed by atoms with Crippen molar-refractivity contribution >= 4 is 0 Å². The third kappa shape index (κ3) is 5.92. The Labute approximate surface area is 191 Å². The Kier molecular flexibility index (Phi) is 7.62. The summed E-state index contributed by atoms with van der Waals surface area (Å²) in [4.78, 5) is 4.13. The summed E-state index contributed by atoms with van der Waals surface area (Å²) in [6.07, 6.45) is 3.37. The van der Waals surface area contributed by atoms with Gasteiger partial charge in [-0.3, -0.25) is 0 Å². The van der Waals surface area contributed by atoms with Crippen LogP contribution < -0.4 is 4.74 Å². The molecule has 2 aromatic carbocycles. The van der Waals surface area contributed by atoms with Gasteiger partial charge in [-0.15, -0.1) is 0 Å². The fourth-order valence-electron chi connectivity index (χ4n) is 3.97. The van der Waals surface area contributed by atoms with E-state index >= 15 is 4.39 Å². The third-order valence-corrected chi connectivity index (χ3v) is 5.90. The van der Waals surface area contributed by atoms with Gasteiger partial charge in [0.05, 0.1) is 19.8 Å². The van der Waals surface area contributed by atoms with Gasteiger partial charge in [0.25, 0.3) is 0 Å². The summed E-state index contributed by atoms with van der Waals surface area (Å²) in [6.45, 7) is 1.91. The summed E-state index contributed by atoms with van der Waals surface area (Å²) in [5, 5.41) is 0. The summed E-state index contributed by atoms with van der Waals surface area (Å²) in [7, 11) is 1.54. The van der Waals surface area contributed by atoms with Crippen molar-refractivity contribution in [2.45, 2.75) is 25.4 Å². The fraction of sp³-hybridized carbons (Fsp3) is 0.346. The Hall–Kier alpha value is -2.90. The molecule has 0 saturated carbocycles. The van der Waals surface area contributed by atoms with E-state index in [-0.39, 0.29) is 0 Å². The number of methoxy groups -OCH3 is 1. The summed E-state index contributed by atoms with van der Waals surface area (Å²) < 4.78 is 59.1. The summed E-state index contributed by atoms with van der Waals surface area (Å²) in [5.41, 5.74) is 2.17. The third-order valence-electron chi connectivity index (χ3n) is 5.90. The van der Waals surface area contributed by atoms with Crippen molar-refractivity contribution in [3.05, 3.63) is 83.3 Å². The number of benzene rings is 2. The number of halogens is 3. The topological polar surface area (TPSA) is 40.6 Å². The van der Waals surface area contributed by atoms with Crippen LogP contribution in [0, 0.1) is 23.4 Å². The molecule has 1 unspecified atom stereocenters. The van der Waals surface area contributed by atoms with Crippen LogP contribution in [0.15, 0.2) is 54.7 Å². The van der Waals surface area contributed by atoms with E-state index in [0.29, 0.717) is 54.7 Å². The standard InChI is InChI=1S/C26H26F3NO3/c1-31-26-13-18(6-9-30-26)12-25(33-16-17-7-10-32-11-8-17)21-4-2-19(14-23(21)28)20-3-5-22(27)24(29)15-20/h2-6,9,13-15,17,25H,7-8,10-12,16H2,1H3. The van der Waals surface area contributed by atoms with Crippen LogP contribution in [0.3, 0.4) is 0 Å². The summed E-state index contributed by atoms with van der Waals surface area (Å²) in [6, 6.07) is 11.9. The van der Waals surface area contributed by atoms with Gasteiger partial charge in [0.2, 0.25) is 5.88 Å². The van der Waals surface area contributed by atoms with Gasteiger partial charge in [-0.2, -0.15) is 0 Å². The maximum Gasteiger partial charge on any atom is 0.213 e.